The molecule has 0 bridgehead atoms. The number of rotatable bonds is 9. The molecule has 0 aromatic heterocycles. The van der Waals surface area contributed by atoms with Crippen LogP contribution in [0, 0.1) is 0 Å². The summed E-state index contributed by atoms with van der Waals surface area (Å²) in [5, 5.41) is 3.32. The summed E-state index contributed by atoms with van der Waals surface area (Å²) < 4.78 is 5.47. The molecule has 0 aromatic rings. The van der Waals surface area contributed by atoms with E-state index in [4.69, 9.17) is 4.74 Å². The third-order valence-corrected chi connectivity index (χ3v) is 1.94. The van der Waals surface area contributed by atoms with Gasteiger partial charge < -0.3 is 10.1 Å². The Kier molecular flexibility index (Phi) is 9.94. The SMILES string of the molecule is CCCCCCOCCNC(C)C. The minimum Gasteiger partial charge on any atom is -0.380 e. The van der Waals surface area contributed by atoms with Crippen LogP contribution in [0.2, 0.25) is 0 Å². The van der Waals surface area contributed by atoms with Crippen molar-refractivity contribution < 1.29 is 4.74 Å². The van der Waals surface area contributed by atoms with Gasteiger partial charge in [0.25, 0.3) is 0 Å². The van der Waals surface area contributed by atoms with Crippen molar-refractivity contribution in [3.63, 3.8) is 0 Å². The van der Waals surface area contributed by atoms with Crippen molar-refractivity contribution in [2.24, 2.45) is 0 Å². The molecule has 0 rings (SSSR count). The molecule has 0 unspecified atom stereocenters. The maximum absolute atomic E-state index is 5.47. The van der Waals surface area contributed by atoms with Crippen LogP contribution < -0.4 is 5.32 Å². The molecule has 80 valence electrons. The first kappa shape index (κ1) is 12.9. The van der Waals surface area contributed by atoms with Crippen molar-refractivity contribution in [3.8, 4) is 0 Å². The summed E-state index contributed by atoms with van der Waals surface area (Å²) in [7, 11) is 0. The molecule has 0 spiro atoms. The van der Waals surface area contributed by atoms with Crippen molar-refractivity contribution in [1.29, 1.82) is 0 Å². The van der Waals surface area contributed by atoms with Crippen molar-refractivity contribution >= 4 is 0 Å². The van der Waals surface area contributed by atoms with Gasteiger partial charge in [-0.05, 0) is 6.42 Å². The largest absolute Gasteiger partial charge is 0.380 e. The lowest BCUT2D eigenvalue weighted by atomic mass is 10.2. The molecule has 0 fully saturated rings. The topological polar surface area (TPSA) is 21.3 Å². The van der Waals surface area contributed by atoms with Crippen LogP contribution in [-0.4, -0.2) is 25.8 Å². The smallest absolute Gasteiger partial charge is 0.0590 e. The summed E-state index contributed by atoms with van der Waals surface area (Å²) in [5.74, 6) is 0. The summed E-state index contributed by atoms with van der Waals surface area (Å²) in [5.41, 5.74) is 0. The predicted octanol–water partition coefficient (Wildman–Crippen LogP) is 2.58. The minimum absolute atomic E-state index is 0.573. The van der Waals surface area contributed by atoms with Gasteiger partial charge in [-0.15, -0.1) is 0 Å². The Balaban J connectivity index is 2.84. The molecule has 1 N–H and O–H groups in total. The highest BCUT2D eigenvalue weighted by atomic mass is 16.5. The van der Waals surface area contributed by atoms with Crippen molar-refractivity contribution in [2.45, 2.75) is 52.5 Å². The molecule has 0 atom stereocenters. The summed E-state index contributed by atoms with van der Waals surface area (Å²) in [4.78, 5) is 0. The van der Waals surface area contributed by atoms with Crippen LogP contribution in [0.4, 0.5) is 0 Å². The van der Waals surface area contributed by atoms with Gasteiger partial charge in [0.05, 0.1) is 6.61 Å². The van der Waals surface area contributed by atoms with Crippen molar-refractivity contribution in [3.05, 3.63) is 0 Å². The van der Waals surface area contributed by atoms with Crippen LogP contribution in [0.25, 0.3) is 0 Å². The van der Waals surface area contributed by atoms with Crippen molar-refractivity contribution in [2.75, 3.05) is 19.8 Å². The summed E-state index contributed by atoms with van der Waals surface area (Å²) >= 11 is 0. The average molecular weight is 187 g/mol. The monoisotopic (exact) mass is 187 g/mol. The molecule has 0 aliphatic rings. The Morgan fingerprint density at radius 3 is 2.46 bits per heavy atom. The zero-order chi connectivity index (χ0) is 9.94. The van der Waals surface area contributed by atoms with E-state index in [1.807, 2.05) is 0 Å². The zero-order valence-electron chi connectivity index (χ0n) is 9.44. The predicted molar refractivity (Wildman–Crippen MR) is 58.1 cm³/mol. The van der Waals surface area contributed by atoms with E-state index in [2.05, 4.69) is 26.1 Å². The van der Waals surface area contributed by atoms with Crippen LogP contribution >= 0.6 is 0 Å². The molecule has 0 heterocycles. The fourth-order valence-electron chi connectivity index (χ4n) is 1.15. The highest BCUT2D eigenvalue weighted by Gasteiger charge is 1.92. The molecule has 0 aliphatic heterocycles. The second kappa shape index (κ2) is 10.0. The van der Waals surface area contributed by atoms with E-state index >= 15 is 0 Å². The number of nitrogens with one attached hydrogen (secondary N) is 1. The number of ether oxygens (including phenoxy) is 1. The van der Waals surface area contributed by atoms with E-state index in [0.717, 1.165) is 19.8 Å². The quantitative estimate of drug-likeness (QED) is 0.560. The summed E-state index contributed by atoms with van der Waals surface area (Å²) in [6.45, 7) is 9.30. The lowest BCUT2D eigenvalue weighted by Gasteiger charge is -2.08. The summed E-state index contributed by atoms with van der Waals surface area (Å²) in [6.07, 6.45) is 5.17. The molecule has 0 radical (unpaired) electrons. The lowest BCUT2D eigenvalue weighted by Crippen LogP contribution is -2.26. The lowest BCUT2D eigenvalue weighted by molar-refractivity contribution is 0.130. The second-order valence-corrected chi connectivity index (χ2v) is 3.78. The van der Waals surface area contributed by atoms with Gasteiger partial charge in [-0.1, -0.05) is 40.0 Å². The third-order valence-electron chi connectivity index (χ3n) is 1.94. The molecule has 2 nitrogen and oxygen atoms in total. The Bertz CT molecular complexity index is 94.1. The average Bonchev–Trinajstić information content (AvgIpc) is 2.09. The highest BCUT2D eigenvalue weighted by Crippen LogP contribution is 1.98. The van der Waals surface area contributed by atoms with Crippen molar-refractivity contribution in [1.82, 2.24) is 5.32 Å². The van der Waals surface area contributed by atoms with Crippen LogP contribution in [0.3, 0.4) is 0 Å². The van der Waals surface area contributed by atoms with E-state index in [0.29, 0.717) is 6.04 Å². The third kappa shape index (κ3) is 11.9. The maximum atomic E-state index is 5.47. The molecule has 0 aromatic carbocycles. The van der Waals surface area contributed by atoms with Crippen LogP contribution in [-0.2, 0) is 4.74 Å². The first-order chi connectivity index (χ1) is 6.27. The molecular weight excluding hydrogens is 162 g/mol. The van der Waals surface area contributed by atoms with E-state index in [1.165, 1.54) is 25.7 Å². The van der Waals surface area contributed by atoms with Gasteiger partial charge >= 0.3 is 0 Å². The summed E-state index contributed by atoms with van der Waals surface area (Å²) in [6, 6.07) is 0.573. The minimum atomic E-state index is 0.573. The van der Waals surface area contributed by atoms with Crippen LogP contribution in [0.5, 0.6) is 0 Å². The van der Waals surface area contributed by atoms with Crippen LogP contribution in [0.15, 0.2) is 0 Å². The first-order valence-electron chi connectivity index (χ1n) is 5.58. The van der Waals surface area contributed by atoms with E-state index < -0.39 is 0 Å². The number of unbranched alkanes of at least 4 members (excludes halogenated alkanes) is 3. The number of hydrogen-bond donors (Lipinski definition) is 1. The van der Waals surface area contributed by atoms with Gasteiger partial charge in [0, 0.05) is 19.2 Å². The van der Waals surface area contributed by atoms with Gasteiger partial charge in [0.2, 0.25) is 0 Å². The molecule has 2 heteroatoms. The Morgan fingerprint density at radius 1 is 1.08 bits per heavy atom. The Morgan fingerprint density at radius 2 is 1.85 bits per heavy atom. The fourth-order valence-corrected chi connectivity index (χ4v) is 1.15. The molecule has 0 saturated carbocycles. The Labute approximate surface area is 83.1 Å². The standard InChI is InChI=1S/C11H25NO/c1-4-5-6-7-9-13-10-8-12-11(2)3/h11-12H,4-10H2,1-3H3. The number of hydrogen-bond acceptors (Lipinski definition) is 2. The highest BCUT2D eigenvalue weighted by molar-refractivity contribution is 4.50. The van der Waals surface area contributed by atoms with E-state index in [-0.39, 0.29) is 0 Å². The molecule has 0 amide bonds. The Hall–Kier alpha value is -0.0800. The van der Waals surface area contributed by atoms with E-state index in [1.54, 1.807) is 0 Å². The molecule has 0 saturated heterocycles. The van der Waals surface area contributed by atoms with Gasteiger partial charge in [0.15, 0.2) is 0 Å². The zero-order valence-corrected chi connectivity index (χ0v) is 9.44. The fraction of sp³-hybridized carbons (Fsp3) is 1.00. The first-order valence-corrected chi connectivity index (χ1v) is 5.58. The van der Waals surface area contributed by atoms with E-state index in [9.17, 15) is 0 Å². The molecular formula is C11H25NO. The van der Waals surface area contributed by atoms with Crippen LogP contribution in [0.1, 0.15) is 46.5 Å². The normalized spacial score (nSPS) is 11.1. The maximum Gasteiger partial charge on any atom is 0.0590 e. The van der Waals surface area contributed by atoms with Gasteiger partial charge in [0.1, 0.15) is 0 Å². The second-order valence-electron chi connectivity index (χ2n) is 3.78. The molecule has 13 heavy (non-hydrogen) atoms. The van der Waals surface area contributed by atoms with Gasteiger partial charge in [-0.2, -0.15) is 0 Å². The molecule has 0 aliphatic carbocycles. The van der Waals surface area contributed by atoms with Gasteiger partial charge in [-0.25, -0.2) is 0 Å². The van der Waals surface area contributed by atoms with Gasteiger partial charge in [-0.3, -0.25) is 0 Å².